The smallest absolute Gasteiger partial charge is 0.294 e. The molecule has 0 amide bonds. The minimum atomic E-state index is -0.450. The SMILES string of the molecule is CC.CC(=O)CCCCCNc1ccc(N)cc1[N+](=O)[O-]. The summed E-state index contributed by atoms with van der Waals surface area (Å²) in [7, 11) is 0. The van der Waals surface area contributed by atoms with Crippen LogP contribution in [0.2, 0.25) is 0 Å². The Morgan fingerprint density at radius 1 is 1.29 bits per heavy atom. The average Bonchev–Trinajstić information content (AvgIpc) is 2.45. The van der Waals surface area contributed by atoms with Crippen LogP contribution in [-0.2, 0) is 4.79 Å². The number of nitro benzene ring substituents is 1. The molecule has 0 bridgehead atoms. The van der Waals surface area contributed by atoms with Gasteiger partial charge in [-0.05, 0) is 31.9 Å². The molecule has 0 spiro atoms. The van der Waals surface area contributed by atoms with E-state index < -0.39 is 4.92 Å². The molecule has 0 saturated heterocycles. The lowest BCUT2D eigenvalue weighted by molar-refractivity contribution is -0.383. The summed E-state index contributed by atoms with van der Waals surface area (Å²) < 4.78 is 0. The molecule has 118 valence electrons. The normalized spacial score (nSPS) is 9.48. The highest BCUT2D eigenvalue weighted by Gasteiger charge is 2.13. The number of anilines is 2. The van der Waals surface area contributed by atoms with E-state index in [1.54, 1.807) is 19.1 Å². The molecule has 1 rings (SSSR count). The van der Waals surface area contributed by atoms with Crippen LogP contribution < -0.4 is 11.1 Å². The average molecular weight is 295 g/mol. The highest BCUT2D eigenvalue weighted by molar-refractivity contribution is 5.75. The topological polar surface area (TPSA) is 98.3 Å². The first-order valence-corrected chi connectivity index (χ1v) is 7.28. The Morgan fingerprint density at radius 3 is 2.52 bits per heavy atom. The van der Waals surface area contributed by atoms with Gasteiger partial charge in [-0.2, -0.15) is 0 Å². The van der Waals surface area contributed by atoms with Gasteiger partial charge >= 0.3 is 0 Å². The molecular weight excluding hydrogens is 270 g/mol. The molecule has 0 saturated carbocycles. The van der Waals surface area contributed by atoms with Gasteiger partial charge in [0.05, 0.1) is 4.92 Å². The largest absolute Gasteiger partial charge is 0.399 e. The molecule has 3 N–H and O–H groups in total. The van der Waals surface area contributed by atoms with Gasteiger partial charge in [-0.15, -0.1) is 0 Å². The number of ketones is 1. The fourth-order valence-corrected chi connectivity index (χ4v) is 1.75. The molecule has 0 heterocycles. The second-order valence-electron chi connectivity index (χ2n) is 4.47. The van der Waals surface area contributed by atoms with E-state index in [0.717, 1.165) is 19.3 Å². The lowest BCUT2D eigenvalue weighted by Crippen LogP contribution is -2.05. The molecule has 0 radical (unpaired) electrons. The molecule has 0 aliphatic heterocycles. The number of rotatable bonds is 8. The van der Waals surface area contributed by atoms with Crippen LogP contribution in [0.4, 0.5) is 17.1 Å². The van der Waals surface area contributed by atoms with Crippen LogP contribution in [0, 0.1) is 10.1 Å². The van der Waals surface area contributed by atoms with E-state index in [1.165, 1.54) is 6.07 Å². The van der Waals surface area contributed by atoms with Gasteiger partial charge < -0.3 is 15.8 Å². The standard InChI is InChI=1S/C13H19N3O3.C2H6/c1-10(17)5-3-2-4-8-15-12-7-6-11(14)9-13(12)16(18)19;1-2/h6-7,9,15H,2-5,8,14H2,1H3;1-2H3. The predicted octanol–water partition coefficient (Wildman–Crippen LogP) is 3.76. The number of unbranched alkanes of at least 4 members (excludes halogenated alkanes) is 2. The fourth-order valence-electron chi connectivity index (χ4n) is 1.75. The second kappa shape index (κ2) is 10.7. The molecule has 0 aliphatic rings. The number of hydrogen-bond donors (Lipinski definition) is 2. The quantitative estimate of drug-likeness (QED) is 0.329. The minimum absolute atomic E-state index is 0.0104. The molecule has 0 atom stereocenters. The van der Waals surface area contributed by atoms with Crippen LogP contribution in [0.15, 0.2) is 18.2 Å². The van der Waals surface area contributed by atoms with Crippen molar-refractivity contribution >= 4 is 22.8 Å². The summed E-state index contributed by atoms with van der Waals surface area (Å²) in [6.07, 6.45) is 3.26. The molecule has 0 unspecified atom stereocenters. The Balaban J connectivity index is 0.00000191. The Kier molecular flexibility index (Phi) is 9.58. The van der Waals surface area contributed by atoms with Gasteiger partial charge in [-0.25, -0.2) is 0 Å². The minimum Gasteiger partial charge on any atom is -0.399 e. The van der Waals surface area contributed by atoms with Gasteiger partial charge in [0.2, 0.25) is 0 Å². The van der Waals surface area contributed by atoms with Crippen molar-refractivity contribution in [1.29, 1.82) is 0 Å². The molecule has 21 heavy (non-hydrogen) atoms. The monoisotopic (exact) mass is 295 g/mol. The number of Topliss-reactive ketones (excluding diaryl/α,β-unsaturated/α-hetero) is 1. The van der Waals surface area contributed by atoms with E-state index in [0.29, 0.717) is 24.3 Å². The van der Waals surface area contributed by atoms with E-state index in [1.807, 2.05) is 13.8 Å². The van der Waals surface area contributed by atoms with Gasteiger partial charge in [0.15, 0.2) is 0 Å². The zero-order valence-electron chi connectivity index (χ0n) is 13.0. The van der Waals surface area contributed by atoms with Gasteiger partial charge in [-0.3, -0.25) is 10.1 Å². The number of nitrogens with zero attached hydrogens (tertiary/aromatic N) is 1. The zero-order valence-corrected chi connectivity index (χ0v) is 13.0. The van der Waals surface area contributed by atoms with Crippen LogP contribution in [-0.4, -0.2) is 17.3 Å². The van der Waals surface area contributed by atoms with Crippen molar-refractivity contribution in [2.75, 3.05) is 17.6 Å². The summed E-state index contributed by atoms with van der Waals surface area (Å²) in [5.74, 6) is 0.196. The van der Waals surface area contributed by atoms with Gasteiger partial charge in [0.1, 0.15) is 11.5 Å². The van der Waals surface area contributed by atoms with Crippen LogP contribution in [0.5, 0.6) is 0 Å². The summed E-state index contributed by atoms with van der Waals surface area (Å²) in [5.41, 5.74) is 6.36. The Labute approximate surface area is 125 Å². The zero-order chi connectivity index (χ0) is 16.3. The van der Waals surface area contributed by atoms with Crippen molar-refractivity contribution in [3.8, 4) is 0 Å². The predicted molar refractivity (Wildman–Crippen MR) is 86.5 cm³/mol. The van der Waals surface area contributed by atoms with Gasteiger partial charge in [0, 0.05) is 24.7 Å². The van der Waals surface area contributed by atoms with E-state index in [2.05, 4.69) is 5.32 Å². The third-order valence-electron chi connectivity index (χ3n) is 2.74. The Hall–Kier alpha value is -2.11. The molecule has 1 aromatic carbocycles. The third kappa shape index (κ3) is 7.91. The van der Waals surface area contributed by atoms with Crippen molar-refractivity contribution in [2.24, 2.45) is 0 Å². The number of nitro groups is 1. The number of nitrogens with one attached hydrogen (secondary N) is 1. The summed E-state index contributed by atoms with van der Waals surface area (Å²) in [6, 6.07) is 4.59. The summed E-state index contributed by atoms with van der Waals surface area (Å²) in [6.45, 7) is 6.22. The highest BCUT2D eigenvalue weighted by atomic mass is 16.6. The molecular formula is C15H25N3O3. The highest BCUT2D eigenvalue weighted by Crippen LogP contribution is 2.26. The van der Waals surface area contributed by atoms with Crippen molar-refractivity contribution < 1.29 is 9.72 Å². The van der Waals surface area contributed by atoms with Crippen molar-refractivity contribution in [2.45, 2.75) is 46.5 Å². The first kappa shape index (κ1) is 18.9. The fraction of sp³-hybridized carbons (Fsp3) is 0.533. The van der Waals surface area contributed by atoms with Crippen molar-refractivity contribution in [3.05, 3.63) is 28.3 Å². The lowest BCUT2D eigenvalue weighted by Gasteiger charge is -2.07. The molecule has 1 aromatic rings. The number of carbonyl (C=O) groups excluding carboxylic acids is 1. The molecule has 0 fully saturated rings. The third-order valence-corrected chi connectivity index (χ3v) is 2.74. The Bertz CT molecular complexity index is 461. The molecule has 0 aliphatic carbocycles. The first-order valence-electron chi connectivity index (χ1n) is 7.28. The number of nitrogens with two attached hydrogens (primary N) is 1. The van der Waals surface area contributed by atoms with Crippen molar-refractivity contribution in [1.82, 2.24) is 0 Å². The van der Waals surface area contributed by atoms with Gasteiger partial charge in [-0.1, -0.05) is 20.3 Å². The maximum atomic E-state index is 10.9. The lowest BCUT2D eigenvalue weighted by atomic mass is 10.1. The molecule has 6 heteroatoms. The number of hydrogen-bond acceptors (Lipinski definition) is 5. The van der Waals surface area contributed by atoms with Crippen LogP contribution in [0.3, 0.4) is 0 Å². The van der Waals surface area contributed by atoms with Crippen LogP contribution in [0.25, 0.3) is 0 Å². The molecule has 0 aromatic heterocycles. The van der Waals surface area contributed by atoms with Crippen molar-refractivity contribution in [3.63, 3.8) is 0 Å². The maximum absolute atomic E-state index is 10.9. The van der Waals surface area contributed by atoms with Gasteiger partial charge in [0.25, 0.3) is 5.69 Å². The molecule has 6 nitrogen and oxygen atoms in total. The van der Waals surface area contributed by atoms with Crippen LogP contribution >= 0.6 is 0 Å². The first-order chi connectivity index (χ1) is 10.0. The van der Waals surface area contributed by atoms with E-state index in [4.69, 9.17) is 5.73 Å². The van der Waals surface area contributed by atoms with E-state index in [-0.39, 0.29) is 11.5 Å². The number of nitrogen functional groups attached to an aromatic ring is 1. The van der Waals surface area contributed by atoms with E-state index in [9.17, 15) is 14.9 Å². The van der Waals surface area contributed by atoms with E-state index >= 15 is 0 Å². The summed E-state index contributed by atoms with van der Waals surface area (Å²) >= 11 is 0. The van der Waals surface area contributed by atoms with Crippen LogP contribution in [0.1, 0.15) is 46.5 Å². The second-order valence-corrected chi connectivity index (χ2v) is 4.47. The number of benzene rings is 1. The summed E-state index contributed by atoms with van der Waals surface area (Å²) in [4.78, 5) is 21.2. The maximum Gasteiger partial charge on any atom is 0.294 e. The Morgan fingerprint density at radius 2 is 1.95 bits per heavy atom. The summed E-state index contributed by atoms with van der Waals surface area (Å²) in [5, 5.41) is 13.9. The number of carbonyl (C=O) groups is 1.